The number of aliphatic hydroxyl groups excluding tert-OH is 1. The predicted molar refractivity (Wildman–Crippen MR) is 97.0 cm³/mol. The number of rotatable bonds is 3. The molecule has 132 valence electrons. The monoisotopic (exact) mass is 341 g/mol. The first-order valence-electron chi connectivity index (χ1n) is 8.70. The van der Waals surface area contributed by atoms with Crippen LogP contribution in [0.15, 0.2) is 30.3 Å². The third kappa shape index (κ3) is 3.32. The van der Waals surface area contributed by atoms with Gasteiger partial charge in [-0.05, 0) is 37.1 Å². The molecule has 4 rings (SSSR count). The molecule has 1 aliphatic carbocycles. The van der Waals surface area contributed by atoms with Gasteiger partial charge in [0.1, 0.15) is 11.6 Å². The van der Waals surface area contributed by atoms with E-state index in [4.69, 9.17) is 5.73 Å². The van der Waals surface area contributed by atoms with Crippen molar-refractivity contribution in [2.75, 3.05) is 41.7 Å². The number of phenolic OH excluding ortho intramolecular Hbond substituents is 1. The fourth-order valence-electron chi connectivity index (χ4n) is 3.53. The lowest BCUT2D eigenvalue weighted by molar-refractivity contribution is 0.0732. The number of anilines is 3. The molecule has 2 heterocycles. The molecule has 25 heavy (non-hydrogen) atoms. The van der Waals surface area contributed by atoms with Crippen LogP contribution in [0, 0.1) is 0 Å². The molecule has 0 amide bonds. The summed E-state index contributed by atoms with van der Waals surface area (Å²) in [6.45, 7) is 3.46. The molecule has 4 N–H and O–H groups in total. The number of aromatic nitrogens is 2. The summed E-state index contributed by atoms with van der Waals surface area (Å²) in [6, 6.07) is 9.32. The molecule has 2 fully saturated rings. The highest BCUT2D eigenvalue weighted by Gasteiger charge is 2.31. The highest BCUT2D eigenvalue weighted by atomic mass is 16.3. The van der Waals surface area contributed by atoms with Crippen LogP contribution in [0.2, 0.25) is 0 Å². The average molecular weight is 341 g/mol. The number of aromatic hydroxyl groups is 1. The number of hydrogen-bond donors (Lipinski definition) is 3. The Hall–Kier alpha value is -2.54. The van der Waals surface area contributed by atoms with Crippen molar-refractivity contribution in [2.45, 2.75) is 24.9 Å². The van der Waals surface area contributed by atoms with Crippen LogP contribution in [-0.2, 0) is 0 Å². The van der Waals surface area contributed by atoms with E-state index in [0.29, 0.717) is 5.95 Å². The van der Waals surface area contributed by atoms with Crippen molar-refractivity contribution in [1.82, 2.24) is 9.97 Å². The molecule has 2 aromatic rings. The van der Waals surface area contributed by atoms with Gasteiger partial charge in [0.15, 0.2) is 0 Å². The Morgan fingerprint density at radius 2 is 1.60 bits per heavy atom. The van der Waals surface area contributed by atoms with Crippen LogP contribution in [-0.4, -0.2) is 52.5 Å². The van der Waals surface area contributed by atoms with Gasteiger partial charge in [-0.15, -0.1) is 0 Å². The number of hydrogen-bond acceptors (Lipinski definition) is 7. The largest absolute Gasteiger partial charge is 0.508 e. The van der Waals surface area contributed by atoms with E-state index in [9.17, 15) is 10.2 Å². The maximum Gasteiger partial charge on any atom is 0.222 e. The SMILES string of the molecule is Nc1nc(C2CC(O)C2)cc(N2CCN(c3ccc(O)cc3)CC2)n1. The lowest BCUT2D eigenvalue weighted by Crippen LogP contribution is -2.47. The standard InChI is InChI=1S/C18H23N5O2/c19-18-20-16(12-9-15(25)10-12)11-17(21-18)23-7-5-22(6-8-23)13-1-3-14(24)4-2-13/h1-4,11-12,15,24-25H,5-10H2,(H2,19,20,21). The quantitative estimate of drug-likeness (QED) is 0.774. The van der Waals surface area contributed by atoms with Crippen LogP contribution in [0.1, 0.15) is 24.5 Å². The number of nitrogen functional groups attached to an aromatic ring is 1. The summed E-state index contributed by atoms with van der Waals surface area (Å²) in [7, 11) is 0. The number of nitrogens with two attached hydrogens (primary N) is 1. The smallest absolute Gasteiger partial charge is 0.222 e. The highest BCUT2D eigenvalue weighted by Crippen LogP contribution is 2.37. The van der Waals surface area contributed by atoms with Gasteiger partial charge in [0.2, 0.25) is 5.95 Å². The van der Waals surface area contributed by atoms with Gasteiger partial charge in [0.05, 0.1) is 11.8 Å². The van der Waals surface area contributed by atoms with Gasteiger partial charge >= 0.3 is 0 Å². The van der Waals surface area contributed by atoms with E-state index in [0.717, 1.165) is 56.2 Å². The predicted octanol–water partition coefficient (Wildman–Crippen LogP) is 1.33. The zero-order chi connectivity index (χ0) is 17.4. The molecule has 7 nitrogen and oxygen atoms in total. The molecule has 1 aromatic heterocycles. The first kappa shape index (κ1) is 16.0. The van der Waals surface area contributed by atoms with Crippen LogP contribution in [0.3, 0.4) is 0 Å². The summed E-state index contributed by atoms with van der Waals surface area (Å²) in [6.07, 6.45) is 1.30. The Bertz CT molecular complexity index is 738. The van der Waals surface area contributed by atoms with Crippen LogP contribution >= 0.6 is 0 Å². The van der Waals surface area contributed by atoms with Crippen molar-refractivity contribution < 1.29 is 10.2 Å². The van der Waals surface area contributed by atoms with Crippen LogP contribution in [0.25, 0.3) is 0 Å². The van der Waals surface area contributed by atoms with Gasteiger partial charge in [-0.1, -0.05) is 0 Å². The van der Waals surface area contributed by atoms with E-state index in [1.807, 2.05) is 18.2 Å². The second kappa shape index (κ2) is 6.40. The molecule has 0 unspecified atom stereocenters. The van der Waals surface area contributed by atoms with E-state index in [1.165, 1.54) is 0 Å². The van der Waals surface area contributed by atoms with Crippen LogP contribution in [0.4, 0.5) is 17.5 Å². The minimum absolute atomic E-state index is 0.210. The topological polar surface area (TPSA) is 98.7 Å². The Balaban J connectivity index is 1.44. The highest BCUT2D eigenvalue weighted by molar-refractivity contribution is 5.52. The normalized spacial score (nSPS) is 23.4. The van der Waals surface area contributed by atoms with Crippen molar-refractivity contribution in [3.63, 3.8) is 0 Å². The molecule has 0 bridgehead atoms. The zero-order valence-electron chi connectivity index (χ0n) is 14.0. The van der Waals surface area contributed by atoms with Gasteiger partial charge in [0.25, 0.3) is 0 Å². The second-order valence-corrected chi connectivity index (χ2v) is 6.82. The molecule has 1 saturated heterocycles. The third-order valence-electron chi connectivity index (χ3n) is 5.10. The number of phenols is 1. The molecular weight excluding hydrogens is 318 g/mol. The zero-order valence-corrected chi connectivity index (χ0v) is 14.0. The third-order valence-corrected chi connectivity index (χ3v) is 5.10. The summed E-state index contributed by atoms with van der Waals surface area (Å²) in [5.74, 6) is 1.74. The molecule has 0 radical (unpaired) electrons. The fraction of sp³-hybridized carbons (Fsp3) is 0.444. The Morgan fingerprint density at radius 1 is 0.960 bits per heavy atom. The summed E-state index contributed by atoms with van der Waals surface area (Å²) < 4.78 is 0. The van der Waals surface area contributed by atoms with E-state index < -0.39 is 0 Å². The molecule has 1 saturated carbocycles. The summed E-state index contributed by atoms with van der Waals surface area (Å²) in [5.41, 5.74) is 7.96. The minimum Gasteiger partial charge on any atom is -0.508 e. The van der Waals surface area contributed by atoms with Crippen molar-refractivity contribution in [2.24, 2.45) is 0 Å². The maximum atomic E-state index is 9.52. The lowest BCUT2D eigenvalue weighted by Gasteiger charge is -2.37. The van der Waals surface area contributed by atoms with Crippen molar-refractivity contribution in [1.29, 1.82) is 0 Å². The van der Waals surface area contributed by atoms with Crippen LogP contribution in [0.5, 0.6) is 5.75 Å². The lowest BCUT2D eigenvalue weighted by atomic mass is 9.80. The first-order chi connectivity index (χ1) is 12.1. The van der Waals surface area contributed by atoms with Gasteiger partial charge in [-0.3, -0.25) is 0 Å². The van der Waals surface area contributed by atoms with Crippen molar-refractivity contribution in [3.8, 4) is 5.75 Å². The molecule has 2 aliphatic rings. The molecular formula is C18H23N5O2. The Kier molecular flexibility index (Phi) is 4.09. The number of aliphatic hydroxyl groups is 1. The second-order valence-electron chi connectivity index (χ2n) is 6.82. The van der Waals surface area contributed by atoms with Gasteiger partial charge in [-0.2, -0.15) is 4.98 Å². The minimum atomic E-state index is -0.210. The van der Waals surface area contributed by atoms with Crippen molar-refractivity contribution >= 4 is 17.5 Å². The summed E-state index contributed by atoms with van der Waals surface area (Å²) in [4.78, 5) is 13.3. The maximum absolute atomic E-state index is 9.52. The van der Waals surface area contributed by atoms with E-state index in [-0.39, 0.29) is 17.8 Å². The van der Waals surface area contributed by atoms with Crippen molar-refractivity contribution in [3.05, 3.63) is 36.0 Å². The Labute approximate surface area is 146 Å². The molecule has 1 aromatic carbocycles. The van der Waals surface area contributed by atoms with E-state index >= 15 is 0 Å². The molecule has 1 aliphatic heterocycles. The average Bonchev–Trinajstić information content (AvgIpc) is 2.59. The van der Waals surface area contributed by atoms with Crippen LogP contribution < -0.4 is 15.5 Å². The van der Waals surface area contributed by atoms with E-state index in [1.54, 1.807) is 12.1 Å². The van der Waals surface area contributed by atoms with Gasteiger partial charge in [-0.25, -0.2) is 4.98 Å². The summed E-state index contributed by atoms with van der Waals surface area (Å²) >= 11 is 0. The number of nitrogens with zero attached hydrogens (tertiary/aromatic N) is 4. The van der Waals surface area contributed by atoms with Gasteiger partial charge < -0.3 is 25.7 Å². The van der Waals surface area contributed by atoms with E-state index in [2.05, 4.69) is 19.8 Å². The summed E-state index contributed by atoms with van der Waals surface area (Å²) in [5, 5.41) is 18.9. The molecule has 7 heteroatoms. The molecule has 0 spiro atoms. The fourth-order valence-corrected chi connectivity index (χ4v) is 3.53. The Morgan fingerprint density at radius 3 is 2.24 bits per heavy atom. The molecule has 0 atom stereocenters. The number of benzene rings is 1. The van der Waals surface area contributed by atoms with Gasteiger partial charge in [0, 0.05) is 43.9 Å². The first-order valence-corrected chi connectivity index (χ1v) is 8.70. The number of piperazine rings is 1.